The van der Waals surface area contributed by atoms with E-state index in [0.717, 1.165) is 17.0 Å². The van der Waals surface area contributed by atoms with Gasteiger partial charge in [-0.05, 0) is 24.3 Å². The number of aromatic nitrogens is 1. The maximum atomic E-state index is 10.2. The number of rotatable bonds is 4. The van der Waals surface area contributed by atoms with Crippen LogP contribution in [-0.4, -0.2) is 18.5 Å². The molecule has 0 fully saturated rings. The van der Waals surface area contributed by atoms with E-state index in [2.05, 4.69) is 10.3 Å². The summed E-state index contributed by atoms with van der Waals surface area (Å²) in [5.41, 5.74) is 1.84. The van der Waals surface area contributed by atoms with Crippen LogP contribution in [0.4, 0.5) is 5.13 Å². The van der Waals surface area contributed by atoms with Crippen LogP contribution >= 0.6 is 11.3 Å². The minimum Gasteiger partial charge on any atom is -0.497 e. The van der Waals surface area contributed by atoms with Crippen LogP contribution in [0.2, 0.25) is 0 Å². The third-order valence-electron chi connectivity index (χ3n) is 2.07. The summed E-state index contributed by atoms with van der Waals surface area (Å²) in [4.78, 5) is 14.5. The number of nitrogens with zero attached hydrogens (tertiary/aromatic N) is 1. The molecule has 0 unspecified atom stereocenters. The molecule has 4 nitrogen and oxygen atoms in total. The van der Waals surface area contributed by atoms with E-state index in [0.29, 0.717) is 11.5 Å². The molecule has 0 saturated heterocycles. The smallest absolute Gasteiger partial charge is 0.213 e. The van der Waals surface area contributed by atoms with Gasteiger partial charge in [-0.1, -0.05) is 0 Å². The van der Waals surface area contributed by atoms with Gasteiger partial charge in [-0.25, -0.2) is 4.98 Å². The summed E-state index contributed by atoms with van der Waals surface area (Å²) in [7, 11) is 1.63. The third-order valence-corrected chi connectivity index (χ3v) is 2.85. The zero-order chi connectivity index (χ0) is 11.4. The normalized spacial score (nSPS) is 9.81. The van der Waals surface area contributed by atoms with Crippen molar-refractivity contribution in [1.82, 2.24) is 4.98 Å². The molecule has 82 valence electrons. The lowest BCUT2D eigenvalue weighted by atomic mass is 10.2. The highest BCUT2D eigenvalue weighted by Crippen LogP contribution is 2.25. The molecule has 0 spiro atoms. The topological polar surface area (TPSA) is 51.2 Å². The van der Waals surface area contributed by atoms with Gasteiger partial charge < -0.3 is 10.1 Å². The highest BCUT2D eigenvalue weighted by molar-refractivity contribution is 7.14. The molecule has 1 aromatic heterocycles. The van der Waals surface area contributed by atoms with E-state index < -0.39 is 0 Å². The van der Waals surface area contributed by atoms with Crippen molar-refractivity contribution in [2.24, 2.45) is 0 Å². The lowest BCUT2D eigenvalue weighted by molar-refractivity contribution is -0.105. The summed E-state index contributed by atoms with van der Waals surface area (Å²) in [6.07, 6.45) is 0.622. The van der Waals surface area contributed by atoms with Crippen molar-refractivity contribution in [3.05, 3.63) is 29.6 Å². The van der Waals surface area contributed by atoms with Gasteiger partial charge in [0.2, 0.25) is 6.41 Å². The molecule has 0 atom stereocenters. The number of carbonyl (C=O) groups is 1. The van der Waals surface area contributed by atoms with Gasteiger partial charge in [0, 0.05) is 10.9 Å². The molecule has 1 amide bonds. The van der Waals surface area contributed by atoms with E-state index in [1.807, 2.05) is 29.6 Å². The number of hydrogen-bond acceptors (Lipinski definition) is 4. The second kappa shape index (κ2) is 4.76. The minimum atomic E-state index is 0.598. The van der Waals surface area contributed by atoms with Crippen LogP contribution in [0.25, 0.3) is 11.3 Å². The van der Waals surface area contributed by atoms with Crippen LogP contribution in [0.3, 0.4) is 0 Å². The molecule has 2 rings (SSSR count). The molecule has 0 aliphatic rings. The van der Waals surface area contributed by atoms with Gasteiger partial charge in [-0.15, -0.1) is 11.3 Å². The Hall–Kier alpha value is -1.88. The first-order valence-electron chi connectivity index (χ1n) is 4.63. The summed E-state index contributed by atoms with van der Waals surface area (Å²) in [6.45, 7) is 0. The van der Waals surface area contributed by atoms with Crippen LogP contribution in [0.1, 0.15) is 0 Å². The molecular formula is C11H10N2O2S. The van der Waals surface area contributed by atoms with Crippen molar-refractivity contribution >= 4 is 22.9 Å². The van der Waals surface area contributed by atoms with Gasteiger partial charge in [-0.2, -0.15) is 0 Å². The number of anilines is 1. The maximum absolute atomic E-state index is 10.2. The third kappa shape index (κ3) is 2.20. The number of benzene rings is 1. The van der Waals surface area contributed by atoms with Crippen LogP contribution in [-0.2, 0) is 4.79 Å². The summed E-state index contributed by atoms with van der Waals surface area (Å²) in [6, 6.07) is 7.61. The van der Waals surface area contributed by atoms with Crippen molar-refractivity contribution in [3.63, 3.8) is 0 Å². The van der Waals surface area contributed by atoms with Gasteiger partial charge in [0.1, 0.15) is 5.75 Å². The van der Waals surface area contributed by atoms with Crippen LogP contribution in [0.15, 0.2) is 29.6 Å². The second-order valence-electron chi connectivity index (χ2n) is 3.03. The van der Waals surface area contributed by atoms with E-state index in [1.165, 1.54) is 11.3 Å². The molecule has 5 heteroatoms. The van der Waals surface area contributed by atoms with Crippen molar-refractivity contribution in [2.75, 3.05) is 12.4 Å². The lowest BCUT2D eigenvalue weighted by Crippen LogP contribution is -1.92. The fraction of sp³-hybridized carbons (Fsp3) is 0.0909. The van der Waals surface area contributed by atoms with E-state index >= 15 is 0 Å². The summed E-state index contributed by atoms with van der Waals surface area (Å²) in [5.74, 6) is 0.810. The molecule has 1 heterocycles. The fourth-order valence-electron chi connectivity index (χ4n) is 1.28. The molecule has 0 saturated carbocycles. The highest BCUT2D eigenvalue weighted by Gasteiger charge is 2.03. The van der Waals surface area contributed by atoms with Gasteiger partial charge in [0.15, 0.2) is 5.13 Å². The Balaban J connectivity index is 2.24. The van der Waals surface area contributed by atoms with Crippen LogP contribution < -0.4 is 10.1 Å². The molecule has 0 aliphatic carbocycles. The monoisotopic (exact) mass is 234 g/mol. The van der Waals surface area contributed by atoms with Gasteiger partial charge in [0.05, 0.1) is 12.8 Å². The Morgan fingerprint density at radius 1 is 1.38 bits per heavy atom. The first-order chi connectivity index (χ1) is 7.83. The van der Waals surface area contributed by atoms with E-state index in [9.17, 15) is 4.79 Å². The quantitative estimate of drug-likeness (QED) is 0.826. The summed E-state index contributed by atoms with van der Waals surface area (Å²) in [5, 5.41) is 5.02. The molecule has 16 heavy (non-hydrogen) atoms. The molecule has 0 aliphatic heterocycles. The van der Waals surface area contributed by atoms with Crippen molar-refractivity contribution in [3.8, 4) is 17.0 Å². The average Bonchev–Trinajstić information content (AvgIpc) is 2.78. The lowest BCUT2D eigenvalue weighted by Gasteiger charge is -2.00. The summed E-state index contributed by atoms with van der Waals surface area (Å²) >= 11 is 1.39. The first kappa shape index (κ1) is 10.6. The Bertz CT molecular complexity index is 479. The average molecular weight is 234 g/mol. The standard InChI is InChI=1S/C11H10N2O2S/c1-15-9-4-2-8(3-5-9)10-6-16-11(13-10)12-7-14/h2-7H,1H3,(H,12,13,14). The molecule has 2 aromatic rings. The minimum absolute atomic E-state index is 0.598. The molecule has 0 bridgehead atoms. The SMILES string of the molecule is COc1ccc(-c2csc(NC=O)n2)cc1. The molecular weight excluding hydrogens is 224 g/mol. The van der Waals surface area contributed by atoms with E-state index in [4.69, 9.17) is 4.74 Å². The fourth-order valence-corrected chi connectivity index (χ4v) is 1.96. The van der Waals surface area contributed by atoms with Gasteiger partial charge in [-0.3, -0.25) is 4.79 Å². The Morgan fingerprint density at radius 2 is 2.12 bits per heavy atom. The Labute approximate surface area is 96.9 Å². The highest BCUT2D eigenvalue weighted by atomic mass is 32.1. The van der Waals surface area contributed by atoms with Gasteiger partial charge >= 0.3 is 0 Å². The number of nitrogens with one attached hydrogen (secondary N) is 1. The Morgan fingerprint density at radius 3 is 2.75 bits per heavy atom. The molecule has 1 N–H and O–H groups in total. The predicted octanol–water partition coefficient (Wildman–Crippen LogP) is 2.39. The van der Waals surface area contributed by atoms with Gasteiger partial charge in [0.25, 0.3) is 0 Å². The van der Waals surface area contributed by atoms with Crippen LogP contribution in [0, 0.1) is 0 Å². The number of carbonyl (C=O) groups excluding carboxylic acids is 1. The van der Waals surface area contributed by atoms with Crippen molar-refractivity contribution in [1.29, 1.82) is 0 Å². The Kier molecular flexibility index (Phi) is 3.16. The second-order valence-corrected chi connectivity index (χ2v) is 3.89. The zero-order valence-electron chi connectivity index (χ0n) is 8.64. The molecule has 1 aromatic carbocycles. The number of hydrogen-bond donors (Lipinski definition) is 1. The zero-order valence-corrected chi connectivity index (χ0v) is 9.45. The van der Waals surface area contributed by atoms with Crippen molar-refractivity contribution < 1.29 is 9.53 Å². The number of thiazole rings is 1. The number of ether oxygens (including phenoxy) is 1. The molecule has 0 radical (unpaired) electrons. The number of amides is 1. The maximum Gasteiger partial charge on any atom is 0.213 e. The van der Waals surface area contributed by atoms with Crippen LogP contribution in [0.5, 0.6) is 5.75 Å². The largest absolute Gasteiger partial charge is 0.497 e. The van der Waals surface area contributed by atoms with E-state index in [-0.39, 0.29) is 0 Å². The van der Waals surface area contributed by atoms with Crippen molar-refractivity contribution in [2.45, 2.75) is 0 Å². The number of methoxy groups -OCH3 is 1. The summed E-state index contributed by atoms with van der Waals surface area (Å²) < 4.78 is 5.07. The predicted molar refractivity (Wildman–Crippen MR) is 63.8 cm³/mol. The first-order valence-corrected chi connectivity index (χ1v) is 5.51. The van der Waals surface area contributed by atoms with E-state index in [1.54, 1.807) is 7.11 Å².